The third-order valence-corrected chi connectivity index (χ3v) is 6.44. The fourth-order valence-electron chi connectivity index (χ4n) is 2.81. The van der Waals surface area contributed by atoms with Crippen LogP contribution in [-0.2, 0) is 30.8 Å². The number of methoxy groups -OCH3 is 1. The summed E-state index contributed by atoms with van der Waals surface area (Å²) in [5, 5.41) is 9.95. The number of amides is 1. The molecule has 1 amide bonds. The Bertz CT molecular complexity index is 1050. The average Bonchev–Trinajstić information content (AvgIpc) is 2.73. The smallest absolute Gasteiger partial charge is 0.328 e. The highest BCUT2D eigenvalue weighted by molar-refractivity contribution is 7.89. The summed E-state index contributed by atoms with van der Waals surface area (Å²) in [5.74, 6) is -1.39. The molecule has 9 nitrogen and oxygen atoms in total. The highest BCUT2D eigenvalue weighted by atomic mass is 32.2. The molecule has 0 fully saturated rings. The number of nitrogens with two attached hydrogens (primary N) is 1. The molecule has 0 aliphatic rings. The number of esters is 1. The molecule has 1 unspecified atom stereocenters. The lowest BCUT2D eigenvalue weighted by Crippen LogP contribution is -2.47. The molecule has 2 rings (SSSR count). The maximum absolute atomic E-state index is 12.7. The molecule has 0 aliphatic carbocycles. The molecule has 10 heteroatoms. The number of benzene rings is 2. The minimum absolute atomic E-state index is 0.0727. The van der Waals surface area contributed by atoms with E-state index in [1.807, 2.05) is 6.92 Å². The Morgan fingerprint density at radius 3 is 2.23 bits per heavy atom. The lowest BCUT2D eigenvalue weighted by Gasteiger charge is -2.20. The predicted molar refractivity (Wildman–Crippen MR) is 116 cm³/mol. The van der Waals surface area contributed by atoms with Gasteiger partial charge in [-0.15, -0.1) is 0 Å². The number of hydrogen-bond acceptors (Lipinski definition) is 6. The maximum Gasteiger partial charge on any atom is 0.328 e. The highest BCUT2D eigenvalue weighted by Gasteiger charge is 2.26. The van der Waals surface area contributed by atoms with E-state index in [2.05, 4.69) is 5.32 Å². The number of hydrogen-bond donors (Lipinski definition) is 3. The zero-order chi connectivity index (χ0) is 23.2. The molecule has 0 saturated carbocycles. The summed E-state index contributed by atoms with van der Waals surface area (Å²) >= 11 is 0. The van der Waals surface area contributed by atoms with Crippen LogP contribution in [-0.4, -0.2) is 57.2 Å². The van der Waals surface area contributed by atoms with Crippen molar-refractivity contribution in [2.75, 3.05) is 20.7 Å². The van der Waals surface area contributed by atoms with Gasteiger partial charge in [0.05, 0.1) is 18.6 Å². The molecule has 0 saturated heterocycles. The van der Waals surface area contributed by atoms with Crippen molar-refractivity contribution in [3.05, 3.63) is 65.2 Å². The molecule has 2 aromatic carbocycles. The van der Waals surface area contributed by atoms with Gasteiger partial charge in [-0.3, -0.25) is 10.2 Å². The molecule has 0 radical (unpaired) electrons. The lowest BCUT2D eigenvalue weighted by atomic mass is 10.0. The van der Waals surface area contributed by atoms with Crippen molar-refractivity contribution in [3.63, 3.8) is 0 Å². The molecule has 2 aromatic rings. The predicted octanol–water partition coefficient (Wildman–Crippen LogP) is 0.800. The van der Waals surface area contributed by atoms with Crippen LogP contribution < -0.4 is 11.1 Å². The van der Waals surface area contributed by atoms with E-state index in [-0.39, 0.29) is 17.2 Å². The molecule has 166 valence electrons. The molecular formula is C21H26N4O5S. The number of nitrogen functional groups attached to an aromatic ring is 1. The first-order valence-electron chi connectivity index (χ1n) is 9.38. The summed E-state index contributed by atoms with van der Waals surface area (Å²) in [5.41, 5.74) is 7.59. The Morgan fingerprint density at radius 2 is 1.71 bits per heavy atom. The van der Waals surface area contributed by atoms with E-state index in [1.54, 1.807) is 36.4 Å². The van der Waals surface area contributed by atoms with Gasteiger partial charge in [0, 0.05) is 19.0 Å². The highest BCUT2D eigenvalue weighted by Crippen LogP contribution is 2.15. The molecule has 31 heavy (non-hydrogen) atoms. The van der Waals surface area contributed by atoms with E-state index in [9.17, 15) is 18.0 Å². The SMILES string of the molecule is COC(=O)C(Cc1ccc(C(=N)N)cc1)NC(=O)CN(C)S(=O)(=O)c1ccc(C)cc1. The van der Waals surface area contributed by atoms with Crippen molar-refractivity contribution in [3.8, 4) is 0 Å². The minimum Gasteiger partial charge on any atom is -0.467 e. The molecule has 0 bridgehead atoms. The molecule has 0 aromatic heterocycles. The fourth-order valence-corrected chi connectivity index (χ4v) is 3.94. The number of nitrogens with one attached hydrogen (secondary N) is 2. The molecular weight excluding hydrogens is 420 g/mol. The zero-order valence-corrected chi connectivity index (χ0v) is 18.4. The van der Waals surface area contributed by atoms with Crippen molar-refractivity contribution in [1.82, 2.24) is 9.62 Å². The fraction of sp³-hybridized carbons (Fsp3) is 0.286. The van der Waals surface area contributed by atoms with Crippen LogP contribution in [0, 0.1) is 12.3 Å². The minimum atomic E-state index is -3.86. The zero-order valence-electron chi connectivity index (χ0n) is 17.6. The number of nitrogens with zero attached hydrogens (tertiary/aromatic N) is 1. The first-order valence-corrected chi connectivity index (χ1v) is 10.8. The van der Waals surface area contributed by atoms with Gasteiger partial charge in [-0.05, 0) is 24.6 Å². The van der Waals surface area contributed by atoms with Gasteiger partial charge >= 0.3 is 5.97 Å². The van der Waals surface area contributed by atoms with Crippen molar-refractivity contribution in [2.24, 2.45) is 5.73 Å². The van der Waals surface area contributed by atoms with Gasteiger partial charge in [0.15, 0.2) is 0 Å². The quantitative estimate of drug-likeness (QED) is 0.295. The summed E-state index contributed by atoms with van der Waals surface area (Å²) in [4.78, 5) is 24.7. The Kier molecular flexibility index (Phi) is 7.89. The summed E-state index contributed by atoms with van der Waals surface area (Å²) < 4.78 is 31.0. The number of likely N-dealkylation sites (N-methyl/N-ethyl adjacent to an activating group) is 1. The van der Waals surface area contributed by atoms with E-state index >= 15 is 0 Å². The number of aryl methyl sites for hydroxylation is 1. The van der Waals surface area contributed by atoms with Crippen molar-refractivity contribution >= 4 is 27.7 Å². The van der Waals surface area contributed by atoms with Crippen LogP contribution in [0.2, 0.25) is 0 Å². The summed E-state index contributed by atoms with van der Waals surface area (Å²) in [6.07, 6.45) is 0.130. The molecule has 0 heterocycles. The second kappa shape index (κ2) is 10.2. The van der Waals surface area contributed by atoms with E-state index in [4.69, 9.17) is 15.9 Å². The van der Waals surface area contributed by atoms with Crippen LogP contribution in [0.3, 0.4) is 0 Å². The number of sulfonamides is 1. The summed E-state index contributed by atoms with van der Waals surface area (Å²) in [6, 6.07) is 11.9. The second-order valence-corrected chi connectivity index (χ2v) is 9.08. The van der Waals surface area contributed by atoms with Crippen LogP contribution in [0.1, 0.15) is 16.7 Å². The third kappa shape index (κ3) is 6.37. The lowest BCUT2D eigenvalue weighted by molar-refractivity contribution is -0.145. The van der Waals surface area contributed by atoms with E-state index < -0.39 is 34.5 Å². The van der Waals surface area contributed by atoms with Crippen LogP contribution in [0.5, 0.6) is 0 Å². The van der Waals surface area contributed by atoms with Gasteiger partial charge in [0.2, 0.25) is 15.9 Å². The molecule has 0 spiro atoms. The monoisotopic (exact) mass is 446 g/mol. The van der Waals surface area contributed by atoms with Gasteiger partial charge < -0.3 is 15.8 Å². The van der Waals surface area contributed by atoms with Crippen molar-refractivity contribution in [2.45, 2.75) is 24.3 Å². The van der Waals surface area contributed by atoms with Gasteiger partial charge in [-0.2, -0.15) is 4.31 Å². The molecule has 0 aliphatic heterocycles. The third-order valence-electron chi connectivity index (χ3n) is 4.62. The average molecular weight is 447 g/mol. The van der Waals surface area contributed by atoms with Gasteiger partial charge in [0.25, 0.3) is 0 Å². The van der Waals surface area contributed by atoms with Gasteiger partial charge in [-0.25, -0.2) is 13.2 Å². The van der Waals surface area contributed by atoms with Crippen molar-refractivity contribution < 1.29 is 22.7 Å². The Morgan fingerprint density at radius 1 is 1.13 bits per heavy atom. The van der Waals surface area contributed by atoms with Crippen LogP contribution in [0.15, 0.2) is 53.4 Å². The summed E-state index contributed by atoms with van der Waals surface area (Å²) in [6.45, 7) is 1.38. The Balaban J connectivity index is 2.08. The van der Waals surface area contributed by atoms with Crippen molar-refractivity contribution in [1.29, 1.82) is 5.41 Å². The molecule has 4 N–H and O–H groups in total. The number of ether oxygens (including phenoxy) is 1. The normalized spacial score (nSPS) is 12.3. The van der Waals surface area contributed by atoms with E-state index in [1.165, 1.54) is 26.3 Å². The Hall–Kier alpha value is -3.24. The largest absolute Gasteiger partial charge is 0.467 e. The van der Waals surface area contributed by atoms with Crippen LogP contribution >= 0.6 is 0 Å². The van der Waals surface area contributed by atoms with E-state index in [0.29, 0.717) is 11.1 Å². The number of carbonyl (C=O) groups is 2. The number of amidine groups is 1. The first-order chi connectivity index (χ1) is 14.5. The summed E-state index contributed by atoms with van der Waals surface area (Å²) in [7, 11) is -1.36. The second-order valence-electron chi connectivity index (χ2n) is 7.03. The van der Waals surface area contributed by atoms with Crippen LogP contribution in [0.25, 0.3) is 0 Å². The van der Waals surface area contributed by atoms with Gasteiger partial charge in [0.1, 0.15) is 11.9 Å². The number of carbonyl (C=O) groups excluding carboxylic acids is 2. The first kappa shape index (κ1) is 24.0. The van der Waals surface area contributed by atoms with E-state index in [0.717, 1.165) is 9.87 Å². The van der Waals surface area contributed by atoms with Gasteiger partial charge in [-0.1, -0.05) is 42.0 Å². The van der Waals surface area contributed by atoms with Crippen LogP contribution in [0.4, 0.5) is 0 Å². The molecule has 1 atom stereocenters. The Labute approximate surface area is 181 Å². The number of rotatable bonds is 9. The maximum atomic E-state index is 12.7. The topological polar surface area (TPSA) is 143 Å². The standard InChI is InChI=1S/C21H26N4O5S/c1-14-4-10-17(11-5-14)31(28,29)25(2)13-19(26)24-18(21(27)30-3)12-15-6-8-16(9-7-15)20(22)23/h4-11,18H,12-13H2,1-3H3,(H3,22,23)(H,24,26).